The summed E-state index contributed by atoms with van der Waals surface area (Å²) in [7, 11) is 0. The van der Waals surface area contributed by atoms with Gasteiger partial charge in [-0.15, -0.1) is 0 Å². The Labute approximate surface area is 149 Å². The van der Waals surface area contributed by atoms with Crippen molar-refractivity contribution < 1.29 is 22.6 Å². The molecule has 2 rings (SSSR count). The van der Waals surface area contributed by atoms with Crippen molar-refractivity contribution >= 4 is 11.5 Å². The van der Waals surface area contributed by atoms with Crippen molar-refractivity contribution in [1.29, 1.82) is 0 Å². The van der Waals surface area contributed by atoms with Crippen LogP contribution in [0.2, 0.25) is 0 Å². The van der Waals surface area contributed by atoms with Crippen molar-refractivity contribution in [3.05, 3.63) is 47.7 Å². The van der Waals surface area contributed by atoms with Crippen molar-refractivity contribution in [1.82, 2.24) is 4.98 Å². The lowest BCUT2D eigenvalue weighted by atomic mass is 10.1. The first-order valence-electron chi connectivity index (χ1n) is 8.08. The van der Waals surface area contributed by atoms with Gasteiger partial charge in [0.25, 0.3) is 0 Å². The predicted molar refractivity (Wildman–Crippen MR) is 93.9 cm³/mol. The summed E-state index contributed by atoms with van der Waals surface area (Å²) in [6.45, 7) is 6.54. The molecule has 0 aliphatic heterocycles. The highest BCUT2D eigenvalue weighted by Crippen LogP contribution is 2.30. The third-order valence-electron chi connectivity index (χ3n) is 3.39. The topological polar surface area (TPSA) is 55.7 Å². The van der Waals surface area contributed by atoms with Crippen molar-refractivity contribution in [3.8, 4) is 11.5 Å². The van der Waals surface area contributed by atoms with Crippen molar-refractivity contribution in [2.45, 2.75) is 26.9 Å². The minimum absolute atomic E-state index is 0.216. The van der Waals surface area contributed by atoms with Crippen LogP contribution in [0.3, 0.4) is 0 Å². The normalized spacial score (nSPS) is 12.0. The van der Waals surface area contributed by atoms with Gasteiger partial charge >= 0.3 is 6.18 Å². The number of anilines is 1. The maximum atomic E-state index is 12.5. The van der Waals surface area contributed by atoms with Gasteiger partial charge in [-0.1, -0.05) is 0 Å². The highest BCUT2D eigenvalue weighted by atomic mass is 19.4. The summed E-state index contributed by atoms with van der Waals surface area (Å²) in [6.07, 6.45) is -3.65. The van der Waals surface area contributed by atoms with Gasteiger partial charge in [-0.25, -0.2) is 4.98 Å². The molecular formula is C18H20F3N3O2. The third kappa shape index (κ3) is 5.11. The van der Waals surface area contributed by atoms with Gasteiger partial charge in [-0.05, 0) is 51.1 Å². The SMILES string of the molecule is CCOc1ccc(/C(C)=N\Nc2ccc(C(F)(F)F)cn2)cc1OCC. The molecule has 1 aromatic heterocycles. The zero-order valence-electron chi connectivity index (χ0n) is 14.7. The molecule has 0 amide bonds. The maximum Gasteiger partial charge on any atom is 0.417 e. The van der Waals surface area contributed by atoms with Gasteiger partial charge in [0.2, 0.25) is 0 Å². The lowest BCUT2D eigenvalue weighted by Crippen LogP contribution is -2.06. The largest absolute Gasteiger partial charge is 0.490 e. The number of rotatable bonds is 7. The monoisotopic (exact) mass is 367 g/mol. The molecule has 0 bridgehead atoms. The second-order valence-corrected chi connectivity index (χ2v) is 5.27. The van der Waals surface area contributed by atoms with E-state index in [9.17, 15) is 13.2 Å². The number of hydrazone groups is 1. The Morgan fingerprint density at radius 1 is 1.08 bits per heavy atom. The Hall–Kier alpha value is -2.77. The molecule has 0 spiro atoms. The van der Waals surface area contributed by atoms with Gasteiger partial charge in [-0.2, -0.15) is 18.3 Å². The number of pyridine rings is 1. The summed E-state index contributed by atoms with van der Waals surface area (Å²) in [4.78, 5) is 3.71. The quantitative estimate of drug-likeness (QED) is 0.568. The average Bonchev–Trinajstić information content (AvgIpc) is 2.61. The first-order chi connectivity index (χ1) is 12.3. The number of aromatic nitrogens is 1. The van der Waals surface area contributed by atoms with Gasteiger partial charge in [0, 0.05) is 11.8 Å². The van der Waals surface area contributed by atoms with Crippen molar-refractivity contribution in [2.75, 3.05) is 18.6 Å². The first kappa shape index (κ1) is 19.6. The van der Waals surface area contributed by atoms with Crippen LogP contribution < -0.4 is 14.9 Å². The van der Waals surface area contributed by atoms with E-state index in [4.69, 9.17) is 9.47 Å². The van der Waals surface area contributed by atoms with E-state index < -0.39 is 11.7 Å². The van der Waals surface area contributed by atoms with E-state index in [1.807, 2.05) is 19.9 Å². The Kier molecular flexibility index (Phi) is 6.43. The number of alkyl halides is 3. The Morgan fingerprint density at radius 2 is 1.77 bits per heavy atom. The molecule has 1 heterocycles. The highest BCUT2D eigenvalue weighted by Gasteiger charge is 2.30. The van der Waals surface area contributed by atoms with E-state index in [-0.39, 0.29) is 5.82 Å². The lowest BCUT2D eigenvalue weighted by molar-refractivity contribution is -0.137. The number of hydrogen-bond acceptors (Lipinski definition) is 5. The van der Waals surface area contributed by atoms with Gasteiger partial charge < -0.3 is 9.47 Å². The van der Waals surface area contributed by atoms with Crippen LogP contribution in [0.25, 0.3) is 0 Å². The van der Waals surface area contributed by atoms with Crippen LogP contribution >= 0.6 is 0 Å². The zero-order chi connectivity index (χ0) is 19.2. The Balaban J connectivity index is 2.15. The van der Waals surface area contributed by atoms with Crippen LogP contribution in [0.15, 0.2) is 41.6 Å². The van der Waals surface area contributed by atoms with E-state index >= 15 is 0 Å². The molecule has 0 aliphatic rings. The molecule has 1 N–H and O–H groups in total. The smallest absolute Gasteiger partial charge is 0.417 e. The molecule has 5 nitrogen and oxygen atoms in total. The second kappa shape index (κ2) is 8.55. The van der Waals surface area contributed by atoms with E-state index in [2.05, 4.69) is 15.5 Å². The fourth-order valence-corrected chi connectivity index (χ4v) is 2.11. The highest BCUT2D eigenvalue weighted by molar-refractivity contribution is 5.99. The number of nitrogens with one attached hydrogen (secondary N) is 1. The molecule has 2 aromatic rings. The number of ether oxygens (including phenoxy) is 2. The van der Waals surface area contributed by atoms with E-state index in [0.717, 1.165) is 17.8 Å². The summed E-state index contributed by atoms with van der Waals surface area (Å²) in [5.74, 6) is 1.46. The molecule has 0 atom stereocenters. The minimum Gasteiger partial charge on any atom is -0.490 e. The summed E-state index contributed by atoms with van der Waals surface area (Å²) < 4.78 is 48.7. The van der Waals surface area contributed by atoms with Crippen LogP contribution in [0.4, 0.5) is 19.0 Å². The maximum absolute atomic E-state index is 12.5. The Morgan fingerprint density at radius 3 is 2.35 bits per heavy atom. The molecule has 140 valence electrons. The summed E-state index contributed by atoms with van der Waals surface area (Å²) in [5.41, 5.74) is 3.25. The fourth-order valence-electron chi connectivity index (χ4n) is 2.11. The lowest BCUT2D eigenvalue weighted by Gasteiger charge is -2.12. The molecule has 8 heteroatoms. The molecule has 26 heavy (non-hydrogen) atoms. The van der Waals surface area contributed by atoms with Gasteiger partial charge in [0.15, 0.2) is 11.5 Å². The standard InChI is InChI=1S/C18H20F3N3O2/c1-4-25-15-8-6-13(10-16(15)26-5-2)12(3)23-24-17-9-7-14(11-22-17)18(19,20)21/h6-11H,4-5H2,1-3H3,(H,22,24)/b23-12-. The molecule has 0 saturated heterocycles. The summed E-state index contributed by atoms with van der Waals surface area (Å²) >= 11 is 0. The molecular weight excluding hydrogens is 347 g/mol. The van der Waals surface area contributed by atoms with E-state index in [1.165, 1.54) is 6.07 Å². The fraction of sp³-hybridized carbons (Fsp3) is 0.333. The average molecular weight is 367 g/mol. The molecule has 1 aromatic carbocycles. The van der Waals surface area contributed by atoms with Crippen LogP contribution in [0.5, 0.6) is 11.5 Å². The van der Waals surface area contributed by atoms with E-state index in [1.54, 1.807) is 19.1 Å². The number of halogens is 3. The summed E-state index contributed by atoms with van der Waals surface area (Å²) in [5, 5.41) is 4.16. The minimum atomic E-state index is -4.41. The van der Waals surface area contributed by atoms with Crippen LogP contribution in [0, 0.1) is 0 Å². The number of nitrogens with zero attached hydrogens (tertiary/aromatic N) is 2. The van der Waals surface area contributed by atoms with Crippen LogP contribution in [0.1, 0.15) is 31.9 Å². The van der Waals surface area contributed by atoms with Crippen LogP contribution in [-0.4, -0.2) is 23.9 Å². The van der Waals surface area contributed by atoms with E-state index in [0.29, 0.717) is 30.4 Å². The van der Waals surface area contributed by atoms with Gasteiger partial charge in [0.05, 0.1) is 24.5 Å². The third-order valence-corrected chi connectivity index (χ3v) is 3.39. The zero-order valence-corrected chi connectivity index (χ0v) is 14.7. The van der Waals surface area contributed by atoms with Gasteiger partial charge in [-0.3, -0.25) is 5.43 Å². The van der Waals surface area contributed by atoms with Crippen molar-refractivity contribution in [2.24, 2.45) is 5.10 Å². The first-order valence-corrected chi connectivity index (χ1v) is 8.08. The molecule has 0 unspecified atom stereocenters. The van der Waals surface area contributed by atoms with Crippen LogP contribution in [-0.2, 0) is 6.18 Å². The van der Waals surface area contributed by atoms with Crippen molar-refractivity contribution in [3.63, 3.8) is 0 Å². The molecule has 0 radical (unpaired) electrons. The molecule has 0 saturated carbocycles. The number of hydrogen-bond donors (Lipinski definition) is 1. The Bertz CT molecular complexity index is 759. The predicted octanol–water partition coefficient (Wildman–Crippen LogP) is 4.73. The second-order valence-electron chi connectivity index (χ2n) is 5.27. The molecule has 0 fully saturated rings. The number of benzene rings is 1. The molecule has 0 aliphatic carbocycles. The summed E-state index contributed by atoms with van der Waals surface area (Å²) in [6, 6.07) is 7.59. The van der Waals surface area contributed by atoms with Gasteiger partial charge in [0.1, 0.15) is 5.82 Å².